The molecule has 1 amide bonds. The van der Waals surface area contributed by atoms with Gasteiger partial charge in [-0.3, -0.25) is 10.4 Å². The molecule has 1 aromatic carbocycles. The molecule has 0 radical (unpaired) electrons. The van der Waals surface area contributed by atoms with Gasteiger partial charge < -0.3 is 9.47 Å². The van der Waals surface area contributed by atoms with Gasteiger partial charge in [0.2, 0.25) is 5.88 Å². The Balaban J connectivity index is 1.68. The molecule has 1 aliphatic rings. The molecule has 2 aromatic heterocycles. The van der Waals surface area contributed by atoms with Crippen molar-refractivity contribution in [3.05, 3.63) is 53.1 Å². The number of hydrogen-bond acceptors (Lipinski definition) is 5. The number of benzene rings is 1. The Morgan fingerprint density at radius 1 is 1.21 bits per heavy atom. The van der Waals surface area contributed by atoms with Crippen LogP contribution in [0.2, 0.25) is 0 Å². The molecule has 2 heterocycles. The first kappa shape index (κ1) is 23.4. The number of hydrogen-bond donors (Lipinski definition) is 2. The number of fused-ring (bicyclic) bond motifs is 1. The number of rotatable bonds is 5. The second-order valence-electron chi connectivity index (χ2n) is 9.11. The summed E-state index contributed by atoms with van der Waals surface area (Å²) >= 11 is 0. The zero-order valence-corrected chi connectivity index (χ0v) is 19.8. The van der Waals surface area contributed by atoms with E-state index in [0.717, 1.165) is 12.8 Å². The van der Waals surface area contributed by atoms with E-state index in [2.05, 4.69) is 41.0 Å². The summed E-state index contributed by atoms with van der Waals surface area (Å²) in [5.41, 5.74) is 0.642. The van der Waals surface area contributed by atoms with Crippen LogP contribution in [-0.2, 0) is 11.2 Å². The van der Waals surface area contributed by atoms with E-state index in [9.17, 15) is 9.59 Å². The van der Waals surface area contributed by atoms with Crippen molar-refractivity contribution in [3.8, 4) is 5.88 Å². The van der Waals surface area contributed by atoms with Crippen LogP contribution in [0.5, 0.6) is 5.88 Å². The molecule has 34 heavy (non-hydrogen) atoms. The number of ether oxygens (including phenoxy) is 2. The number of aromatic amines is 1. The highest BCUT2D eigenvalue weighted by atomic mass is 16.6. The van der Waals surface area contributed by atoms with E-state index in [1.54, 1.807) is 24.3 Å². The molecule has 2 unspecified atom stereocenters. The Morgan fingerprint density at radius 2 is 1.88 bits per heavy atom. The van der Waals surface area contributed by atoms with Crippen LogP contribution in [0, 0.1) is 24.3 Å². The first-order chi connectivity index (χ1) is 16.3. The summed E-state index contributed by atoms with van der Waals surface area (Å²) in [7, 11) is 0. The number of aryl methyl sites for hydroxylation is 1. The topological polar surface area (TPSA) is 102 Å². The third kappa shape index (κ3) is 4.49. The maximum absolute atomic E-state index is 13.4. The van der Waals surface area contributed by atoms with Crippen LogP contribution in [0.3, 0.4) is 0 Å². The standard InChI is InChI=1S/C25H29N5O4/c1-6-18-28-22-19(24(31)33-21-15(3)12-14(2)13-16(21)4)20(26-5)23(30(22)29-18)34-25(32)27-17-10-8-7-9-11-17/h7-11,14-16,21H,6,12-13H2,1-4H3,(H,27,32)(H,28,29). The van der Waals surface area contributed by atoms with Gasteiger partial charge in [0.1, 0.15) is 17.5 Å². The first-order valence-corrected chi connectivity index (χ1v) is 11.6. The number of carbonyl (C=O) groups excluding carboxylic acids is 2. The SMILES string of the molecule is [C-]#[N+]c1c(C(=O)OC2C(C)CC(C)CC2C)c2nc(CC)[nH]n2c1OC(=O)Nc1ccccc1. The molecule has 9 heteroatoms. The van der Waals surface area contributed by atoms with E-state index < -0.39 is 12.1 Å². The number of aromatic nitrogens is 3. The Morgan fingerprint density at radius 3 is 2.50 bits per heavy atom. The summed E-state index contributed by atoms with van der Waals surface area (Å²) in [6.45, 7) is 16.0. The molecule has 0 saturated heterocycles. The van der Waals surface area contributed by atoms with Crippen molar-refractivity contribution >= 4 is 29.1 Å². The summed E-state index contributed by atoms with van der Waals surface area (Å²) in [5, 5.41) is 5.63. The fourth-order valence-electron chi connectivity index (χ4n) is 4.92. The van der Waals surface area contributed by atoms with Gasteiger partial charge in [-0.25, -0.2) is 23.9 Å². The largest absolute Gasteiger partial charge is 0.459 e. The van der Waals surface area contributed by atoms with Crippen molar-refractivity contribution in [2.45, 2.75) is 53.1 Å². The quantitative estimate of drug-likeness (QED) is 0.378. The highest BCUT2D eigenvalue weighted by Crippen LogP contribution is 2.40. The molecule has 2 atom stereocenters. The lowest BCUT2D eigenvalue weighted by Crippen LogP contribution is -2.37. The summed E-state index contributed by atoms with van der Waals surface area (Å²) in [6, 6.07) is 8.81. The molecule has 2 N–H and O–H groups in total. The molecule has 0 aliphatic heterocycles. The summed E-state index contributed by atoms with van der Waals surface area (Å²) in [5.74, 6) is 0.832. The van der Waals surface area contributed by atoms with Gasteiger partial charge in [-0.1, -0.05) is 45.9 Å². The number of para-hydroxylation sites is 1. The minimum absolute atomic E-state index is 0.00600. The van der Waals surface area contributed by atoms with E-state index in [0.29, 0.717) is 23.9 Å². The number of carbonyl (C=O) groups is 2. The predicted octanol–water partition coefficient (Wildman–Crippen LogP) is 5.61. The van der Waals surface area contributed by atoms with Crippen LogP contribution in [0.15, 0.2) is 30.3 Å². The van der Waals surface area contributed by atoms with Crippen LogP contribution < -0.4 is 10.1 Å². The lowest BCUT2D eigenvalue weighted by atomic mass is 9.75. The van der Waals surface area contributed by atoms with Crippen molar-refractivity contribution in [1.29, 1.82) is 0 Å². The van der Waals surface area contributed by atoms with E-state index in [4.69, 9.17) is 16.0 Å². The van der Waals surface area contributed by atoms with Crippen molar-refractivity contribution in [3.63, 3.8) is 0 Å². The summed E-state index contributed by atoms with van der Waals surface area (Å²) in [4.78, 5) is 34.0. The number of esters is 1. The van der Waals surface area contributed by atoms with E-state index in [-0.39, 0.29) is 40.7 Å². The highest BCUT2D eigenvalue weighted by molar-refractivity contribution is 6.05. The average molecular weight is 464 g/mol. The molecule has 0 bridgehead atoms. The normalized spacial score (nSPS) is 22.2. The third-order valence-electron chi connectivity index (χ3n) is 6.33. The molecule has 1 fully saturated rings. The second-order valence-corrected chi connectivity index (χ2v) is 9.11. The van der Waals surface area contributed by atoms with Gasteiger partial charge >= 0.3 is 12.1 Å². The predicted molar refractivity (Wildman–Crippen MR) is 127 cm³/mol. The van der Waals surface area contributed by atoms with Crippen molar-refractivity contribution in [2.24, 2.45) is 17.8 Å². The molecule has 0 spiro atoms. The van der Waals surface area contributed by atoms with Gasteiger partial charge in [-0.2, -0.15) is 0 Å². The number of nitrogens with zero attached hydrogens (tertiary/aromatic N) is 3. The Kier molecular flexibility index (Phi) is 6.59. The minimum atomic E-state index is -0.786. The summed E-state index contributed by atoms with van der Waals surface area (Å²) in [6.07, 6.45) is 1.46. The third-order valence-corrected chi connectivity index (χ3v) is 6.33. The molecule has 178 valence electrons. The van der Waals surface area contributed by atoms with Gasteiger partial charge in [0.05, 0.1) is 6.57 Å². The van der Waals surface area contributed by atoms with Gasteiger partial charge in [0.25, 0.3) is 5.69 Å². The fraction of sp³-hybridized carbons (Fsp3) is 0.440. The van der Waals surface area contributed by atoms with E-state index in [1.807, 2.05) is 13.0 Å². The monoisotopic (exact) mass is 463 g/mol. The molecule has 3 aromatic rings. The van der Waals surface area contributed by atoms with Crippen LogP contribution >= 0.6 is 0 Å². The van der Waals surface area contributed by atoms with Crippen molar-refractivity contribution in [1.82, 2.24) is 14.6 Å². The Labute approximate surface area is 198 Å². The minimum Gasteiger partial charge on any atom is -0.459 e. The molecular weight excluding hydrogens is 434 g/mol. The first-order valence-electron chi connectivity index (χ1n) is 11.6. The van der Waals surface area contributed by atoms with E-state index in [1.165, 1.54) is 4.52 Å². The fourth-order valence-corrected chi connectivity index (χ4v) is 4.92. The molecule has 9 nitrogen and oxygen atoms in total. The van der Waals surface area contributed by atoms with Gasteiger partial charge in [0, 0.05) is 12.1 Å². The number of nitrogens with one attached hydrogen (secondary N) is 2. The Hall–Kier alpha value is -3.80. The second kappa shape index (κ2) is 9.59. The van der Waals surface area contributed by atoms with Crippen LogP contribution in [0.4, 0.5) is 16.2 Å². The lowest BCUT2D eigenvalue weighted by Gasteiger charge is -2.37. The van der Waals surface area contributed by atoms with Crippen LogP contribution in [-0.4, -0.2) is 32.8 Å². The molecular formula is C25H29N5O4. The number of anilines is 1. The zero-order valence-electron chi connectivity index (χ0n) is 19.8. The van der Waals surface area contributed by atoms with Gasteiger partial charge in [-0.15, -0.1) is 0 Å². The number of H-pyrrole nitrogens is 1. The molecule has 1 saturated carbocycles. The van der Waals surface area contributed by atoms with Gasteiger partial charge in [0.15, 0.2) is 5.65 Å². The highest BCUT2D eigenvalue weighted by Gasteiger charge is 2.37. The van der Waals surface area contributed by atoms with Crippen LogP contribution in [0.25, 0.3) is 10.5 Å². The zero-order chi connectivity index (χ0) is 24.4. The molecule has 4 rings (SSSR count). The number of amides is 1. The Bertz CT molecular complexity index is 1230. The van der Waals surface area contributed by atoms with E-state index >= 15 is 0 Å². The summed E-state index contributed by atoms with van der Waals surface area (Å²) < 4.78 is 12.8. The van der Waals surface area contributed by atoms with Crippen molar-refractivity contribution in [2.75, 3.05) is 5.32 Å². The molecule has 1 aliphatic carbocycles. The van der Waals surface area contributed by atoms with Crippen molar-refractivity contribution < 1.29 is 19.1 Å². The average Bonchev–Trinajstić information content (AvgIpc) is 3.33. The lowest BCUT2D eigenvalue weighted by molar-refractivity contribution is -0.0249. The smallest absolute Gasteiger partial charge is 0.417 e. The maximum atomic E-state index is 13.4. The van der Waals surface area contributed by atoms with Crippen LogP contribution in [0.1, 0.15) is 56.7 Å². The maximum Gasteiger partial charge on any atom is 0.417 e. The van der Waals surface area contributed by atoms with Gasteiger partial charge in [-0.05, 0) is 42.7 Å².